The Labute approximate surface area is 158 Å². The first-order chi connectivity index (χ1) is 13.0. The van der Waals surface area contributed by atoms with Crippen LogP contribution < -0.4 is 10.6 Å². The van der Waals surface area contributed by atoms with Crippen molar-refractivity contribution in [1.29, 1.82) is 0 Å². The van der Waals surface area contributed by atoms with E-state index >= 15 is 0 Å². The van der Waals surface area contributed by atoms with E-state index in [1.54, 1.807) is 12.1 Å². The van der Waals surface area contributed by atoms with Gasteiger partial charge in [0.15, 0.2) is 0 Å². The number of amides is 2. The summed E-state index contributed by atoms with van der Waals surface area (Å²) in [5.74, 6) is 1.32. The maximum atomic E-state index is 12.3. The maximum absolute atomic E-state index is 12.3. The average Bonchev–Trinajstić information content (AvgIpc) is 3.13. The van der Waals surface area contributed by atoms with Crippen LogP contribution in [0.15, 0.2) is 65.1 Å². The number of furan rings is 1. The van der Waals surface area contributed by atoms with E-state index in [-0.39, 0.29) is 11.8 Å². The molecular weight excluding hydrogens is 340 g/mol. The molecule has 5 nitrogen and oxygen atoms in total. The van der Waals surface area contributed by atoms with E-state index in [4.69, 9.17) is 4.42 Å². The summed E-state index contributed by atoms with van der Waals surface area (Å²) in [4.78, 5) is 23.6. The molecule has 0 aliphatic heterocycles. The van der Waals surface area contributed by atoms with Crippen LogP contribution in [0, 0.1) is 6.92 Å². The number of aryl methyl sites for hydroxylation is 1. The predicted molar refractivity (Wildman–Crippen MR) is 107 cm³/mol. The summed E-state index contributed by atoms with van der Waals surface area (Å²) in [6.45, 7) is 3.32. The summed E-state index contributed by atoms with van der Waals surface area (Å²) in [6.07, 6.45) is 0.828. The highest BCUT2D eigenvalue weighted by molar-refractivity contribution is 5.95. The molecular formula is C22H22N2O3. The van der Waals surface area contributed by atoms with Crippen molar-refractivity contribution in [3.8, 4) is 11.3 Å². The summed E-state index contributed by atoms with van der Waals surface area (Å²) >= 11 is 0. The fourth-order valence-corrected chi connectivity index (χ4v) is 2.82. The number of benzene rings is 2. The second-order valence-corrected chi connectivity index (χ2v) is 6.34. The van der Waals surface area contributed by atoms with E-state index in [9.17, 15) is 9.59 Å². The van der Waals surface area contributed by atoms with Crippen molar-refractivity contribution in [2.24, 2.45) is 0 Å². The van der Waals surface area contributed by atoms with Crippen molar-refractivity contribution in [2.75, 3.05) is 10.6 Å². The number of rotatable bonds is 6. The lowest BCUT2D eigenvalue weighted by atomic mass is 10.1. The monoisotopic (exact) mass is 362 g/mol. The van der Waals surface area contributed by atoms with Gasteiger partial charge in [-0.2, -0.15) is 0 Å². The normalized spacial score (nSPS) is 10.4. The highest BCUT2D eigenvalue weighted by Gasteiger charge is 2.10. The van der Waals surface area contributed by atoms with E-state index in [1.807, 2.05) is 55.5 Å². The molecule has 138 valence electrons. The van der Waals surface area contributed by atoms with Crippen molar-refractivity contribution in [3.63, 3.8) is 0 Å². The Balaban J connectivity index is 1.59. The number of hydrogen-bond acceptors (Lipinski definition) is 3. The first-order valence-corrected chi connectivity index (χ1v) is 8.84. The number of carbonyl (C=O) groups excluding carboxylic acids is 2. The molecule has 0 saturated heterocycles. The highest BCUT2D eigenvalue weighted by atomic mass is 16.3. The van der Waals surface area contributed by atoms with Gasteiger partial charge in [-0.1, -0.05) is 36.4 Å². The van der Waals surface area contributed by atoms with Crippen LogP contribution in [0.25, 0.3) is 11.3 Å². The number of nitrogens with one attached hydrogen (secondary N) is 2. The number of hydrogen-bond donors (Lipinski definition) is 2. The van der Waals surface area contributed by atoms with E-state index in [0.717, 1.165) is 22.6 Å². The van der Waals surface area contributed by atoms with Crippen LogP contribution in [0.3, 0.4) is 0 Å². The van der Waals surface area contributed by atoms with Crippen LogP contribution in [0.4, 0.5) is 11.4 Å². The third-order valence-corrected chi connectivity index (χ3v) is 4.24. The second kappa shape index (κ2) is 8.36. The van der Waals surface area contributed by atoms with Gasteiger partial charge < -0.3 is 15.1 Å². The predicted octanol–water partition coefficient (Wildman–Crippen LogP) is 4.78. The highest BCUT2D eigenvalue weighted by Crippen LogP contribution is 2.24. The lowest BCUT2D eigenvalue weighted by Crippen LogP contribution is -2.14. The maximum Gasteiger partial charge on any atom is 0.224 e. The molecule has 2 aromatic carbocycles. The minimum absolute atomic E-state index is 0.101. The minimum atomic E-state index is -0.145. The molecule has 0 fully saturated rings. The van der Waals surface area contributed by atoms with Gasteiger partial charge in [-0.3, -0.25) is 9.59 Å². The summed E-state index contributed by atoms with van der Waals surface area (Å²) in [7, 11) is 0. The van der Waals surface area contributed by atoms with Gasteiger partial charge in [0.25, 0.3) is 0 Å². The second-order valence-electron chi connectivity index (χ2n) is 6.34. The Morgan fingerprint density at radius 2 is 1.59 bits per heavy atom. The van der Waals surface area contributed by atoms with E-state index in [1.165, 1.54) is 6.92 Å². The van der Waals surface area contributed by atoms with Crippen molar-refractivity contribution in [1.82, 2.24) is 0 Å². The summed E-state index contributed by atoms with van der Waals surface area (Å²) < 4.78 is 5.83. The van der Waals surface area contributed by atoms with Crippen LogP contribution in [0.2, 0.25) is 0 Å². The molecule has 0 saturated carbocycles. The van der Waals surface area contributed by atoms with E-state index in [2.05, 4.69) is 10.6 Å². The van der Waals surface area contributed by atoms with Crippen LogP contribution >= 0.6 is 0 Å². The fraction of sp³-hybridized carbons (Fsp3) is 0.182. The average molecular weight is 362 g/mol. The van der Waals surface area contributed by atoms with Gasteiger partial charge in [0.2, 0.25) is 11.8 Å². The Hall–Kier alpha value is -3.34. The molecule has 3 rings (SSSR count). The SMILES string of the molecule is CC(=O)Nc1cccc(NC(=O)CCc2ccc(-c3ccccc3)o2)c1C. The molecule has 1 aromatic heterocycles. The first kappa shape index (κ1) is 18.5. The molecule has 2 amide bonds. The Bertz CT molecular complexity index is 945. The minimum Gasteiger partial charge on any atom is -0.461 e. The smallest absolute Gasteiger partial charge is 0.224 e. The molecule has 0 aliphatic rings. The zero-order valence-corrected chi connectivity index (χ0v) is 15.4. The molecule has 3 aromatic rings. The largest absolute Gasteiger partial charge is 0.461 e. The Morgan fingerprint density at radius 1 is 0.889 bits per heavy atom. The quantitative estimate of drug-likeness (QED) is 0.662. The fourth-order valence-electron chi connectivity index (χ4n) is 2.82. The standard InChI is InChI=1S/C22H22N2O3/c1-15-19(23-16(2)25)9-6-10-20(15)24-22(26)14-12-18-11-13-21(27-18)17-7-4-3-5-8-17/h3-11,13H,12,14H2,1-2H3,(H,23,25)(H,24,26). The lowest BCUT2D eigenvalue weighted by Gasteiger charge is -2.12. The van der Waals surface area contributed by atoms with Gasteiger partial charge >= 0.3 is 0 Å². The topological polar surface area (TPSA) is 71.3 Å². The van der Waals surface area contributed by atoms with Crippen molar-refractivity contribution in [3.05, 3.63) is 72.0 Å². The van der Waals surface area contributed by atoms with Crippen LogP contribution in [0.5, 0.6) is 0 Å². The van der Waals surface area contributed by atoms with Gasteiger partial charge in [0.1, 0.15) is 11.5 Å². The van der Waals surface area contributed by atoms with Crippen LogP contribution in [-0.4, -0.2) is 11.8 Å². The molecule has 0 spiro atoms. The molecule has 1 heterocycles. The molecule has 0 aliphatic carbocycles. The Morgan fingerprint density at radius 3 is 2.30 bits per heavy atom. The third kappa shape index (κ3) is 4.85. The summed E-state index contributed by atoms with van der Waals surface area (Å²) in [6, 6.07) is 19.1. The van der Waals surface area contributed by atoms with Crippen LogP contribution in [0.1, 0.15) is 24.7 Å². The lowest BCUT2D eigenvalue weighted by molar-refractivity contribution is -0.116. The van der Waals surface area contributed by atoms with Crippen molar-refractivity contribution < 1.29 is 14.0 Å². The van der Waals surface area contributed by atoms with Gasteiger partial charge in [0, 0.05) is 36.7 Å². The molecule has 0 radical (unpaired) electrons. The Kier molecular flexibility index (Phi) is 5.71. The molecule has 5 heteroatoms. The molecule has 0 bridgehead atoms. The molecule has 0 unspecified atom stereocenters. The van der Waals surface area contributed by atoms with Crippen molar-refractivity contribution in [2.45, 2.75) is 26.7 Å². The van der Waals surface area contributed by atoms with Gasteiger partial charge in [0.05, 0.1) is 0 Å². The zero-order valence-electron chi connectivity index (χ0n) is 15.4. The first-order valence-electron chi connectivity index (χ1n) is 8.84. The zero-order chi connectivity index (χ0) is 19.2. The molecule has 27 heavy (non-hydrogen) atoms. The number of anilines is 2. The molecule has 2 N–H and O–H groups in total. The molecule has 0 atom stereocenters. The van der Waals surface area contributed by atoms with Crippen molar-refractivity contribution >= 4 is 23.2 Å². The van der Waals surface area contributed by atoms with Gasteiger partial charge in [-0.25, -0.2) is 0 Å². The van der Waals surface area contributed by atoms with Crippen LogP contribution in [-0.2, 0) is 16.0 Å². The summed E-state index contributed by atoms with van der Waals surface area (Å²) in [5, 5.41) is 5.66. The van der Waals surface area contributed by atoms with E-state index < -0.39 is 0 Å². The van der Waals surface area contributed by atoms with Gasteiger partial charge in [-0.15, -0.1) is 0 Å². The summed E-state index contributed by atoms with van der Waals surface area (Å²) in [5.41, 5.74) is 3.22. The van der Waals surface area contributed by atoms with E-state index in [0.29, 0.717) is 24.2 Å². The number of carbonyl (C=O) groups is 2. The van der Waals surface area contributed by atoms with Gasteiger partial charge in [-0.05, 0) is 36.8 Å². The third-order valence-electron chi connectivity index (χ3n) is 4.24.